The Bertz CT molecular complexity index is 457. The number of benzene rings is 1. The molecule has 1 aromatic carbocycles. The quantitative estimate of drug-likeness (QED) is 0.763. The Morgan fingerprint density at radius 2 is 2.00 bits per heavy atom. The fourth-order valence-electron chi connectivity index (χ4n) is 1.15. The fraction of sp³-hybridized carbons (Fsp3) is 0.231. The van der Waals surface area contributed by atoms with Crippen molar-refractivity contribution in [3.63, 3.8) is 0 Å². The zero-order valence-corrected chi connectivity index (χ0v) is 9.43. The first-order valence-corrected chi connectivity index (χ1v) is 5.12. The molecule has 4 nitrogen and oxygen atoms in total. The van der Waals surface area contributed by atoms with E-state index < -0.39 is 11.9 Å². The molecule has 0 bridgehead atoms. The lowest BCUT2D eigenvalue weighted by atomic mass is 10.1. The second kappa shape index (κ2) is 5.71. The van der Waals surface area contributed by atoms with E-state index in [2.05, 4.69) is 11.2 Å². The maximum atomic E-state index is 11.6. The summed E-state index contributed by atoms with van der Waals surface area (Å²) in [5.74, 6) is 0.600. The van der Waals surface area contributed by atoms with Crippen LogP contribution in [0.1, 0.15) is 22.8 Å². The summed E-state index contributed by atoms with van der Waals surface area (Å²) >= 11 is 0. The van der Waals surface area contributed by atoms with Crippen LogP contribution in [0.25, 0.3) is 0 Å². The van der Waals surface area contributed by atoms with Crippen LogP contribution < -0.4 is 5.32 Å². The van der Waals surface area contributed by atoms with Crippen molar-refractivity contribution in [2.75, 3.05) is 6.54 Å². The molecule has 1 rings (SSSR count). The molecule has 0 saturated heterocycles. The van der Waals surface area contributed by atoms with Gasteiger partial charge in [-0.15, -0.1) is 6.42 Å². The van der Waals surface area contributed by atoms with Crippen LogP contribution in [-0.2, 0) is 4.79 Å². The van der Waals surface area contributed by atoms with Gasteiger partial charge in [-0.1, -0.05) is 12.8 Å². The summed E-state index contributed by atoms with van der Waals surface area (Å²) in [6.07, 6.45) is 5.19. The highest BCUT2D eigenvalue weighted by Gasteiger charge is 2.12. The molecule has 1 unspecified atom stereocenters. The van der Waals surface area contributed by atoms with Crippen LogP contribution in [0, 0.1) is 18.3 Å². The van der Waals surface area contributed by atoms with Gasteiger partial charge in [-0.2, -0.15) is 0 Å². The number of hydrogen-bond acceptors (Lipinski definition) is 2. The van der Waals surface area contributed by atoms with Crippen LogP contribution in [0.5, 0.6) is 0 Å². The summed E-state index contributed by atoms with van der Waals surface area (Å²) in [5, 5.41) is 11.2. The fourth-order valence-corrected chi connectivity index (χ4v) is 1.15. The molecule has 0 aliphatic carbocycles. The number of carbonyl (C=O) groups is 2. The van der Waals surface area contributed by atoms with Gasteiger partial charge in [0.1, 0.15) is 0 Å². The average Bonchev–Trinajstić information content (AvgIpc) is 2.35. The summed E-state index contributed by atoms with van der Waals surface area (Å²) in [6.45, 7) is 1.63. The van der Waals surface area contributed by atoms with Crippen LogP contribution in [-0.4, -0.2) is 23.5 Å². The van der Waals surface area contributed by atoms with Crippen molar-refractivity contribution in [2.45, 2.75) is 6.92 Å². The molecule has 1 aromatic rings. The molecule has 1 amide bonds. The summed E-state index contributed by atoms with van der Waals surface area (Å²) in [7, 11) is 0. The number of terminal acetylenes is 1. The monoisotopic (exact) mass is 231 g/mol. The van der Waals surface area contributed by atoms with Crippen molar-refractivity contribution in [3.05, 3.63) is 35.4 Å². The second-order valence-electron chi connectivity index (χ2n) is 3.67. The largest absolute Gasteiger partial charge is 0.481 e. The van der Waals surface area contributed by atoms with Crippen molar-refractivity contribution in [3.8, 4) is 12.3 Å². The summed E-state index contributed by atoms with van der Waals surface area (Å²) < 4.78 is 0. The molecule has 0 heterocycles. The molecule has 4 heteroatoms. The first-order valence-electron chi connectivity index (χ1n) is 5.12. The van der Waals surface area contributed by atoms with Crippen molar-refractivity contribution >= 4 is 11.9 Å². The Balaban J connectivity index is 2.58. The molecule has 0 fully saturated rings. The van der Waals surface area contributed by atoms with Gasteiger partial charge in [-0.3, -0.25) is 9.59 Å². The number of rotatable bonds is 4. The van der Waals surface area contributed by atoms with Crippen molar-refractivity contribution < 1.29 is 14.7 Å². The number of carboxylic acid groups (broad SMARTS) is 1. The highest BCUT2D eigenvalue weighted by molar-refractivity contribution is 5.94. The minimum atomic E-state index is -0.937. The predicted molar refractivity (Wildman–Crippen MR) is 63.5 cm³/mol. The van der Waals surface area contributed by atoms with Gasteiger partial charge < -0.3 is 10.4 Å². The SMILES string of the molecule is C#Cc1ccc(C(=O)NCC(C)C(=O)O)cc1. The maximum Gasteiger partial charge on any atom is 0.308 e. The molecule has 0 spiro atoms. The predicted octanol–water partition coefficient (Wildman–Crippen LogP) is 1.12. The minimum Gasteiger partial charge on any atom is -0.481 e. The Morgan fingerprint density at radius 1 is 1.41 bits per heavy atom. The molecule has 0 saturated carbocycles. The van der Waals surface area contributed by atoms with E-state index in [1.54, 1.807) is 24.3 Å². The highest BCUT2D eigenvalue weighted by Crippen LogP contribution is 2.03. The number of nitrogens with one attached hydrogen (secondary N) is 1. The lowest BCUT2D eigenvalue weighted by Gasteiger charge is -2.08. The third kappa shape index (κ3) is 3.65. The first-order chi connectivity index (χ1) is 8.04. The van der Waals surface area contributed by atoms with E-state index in [1.165, 1.54) is 6.92 Å². The molecule has 0 aliphatic heterocycles. The molecule has 0 aromatic heterocycles. The Kier molecular flexibility index (Phi) is 4.29. The van der Waals surface area contributed by atoms with Gasteiger partial charge >= 0.3 is 5.97 Å². The molecule has 88 valence electrons. The molecule has 0 radical (unpaired) electrons. The standard InChI is InChI=1S/C13H13NO3/c1-3-10-4-6-11(7-5-10)12(15)14-8-9(2)13(16)17/h1,4-7,9H,8H2,2H3,(H,14,15)(H,16,17). The summed E-state index contributed by atoms with van der Waals surface area (Å²) in [4.78, 5) is 22.2. The molecule has 2 N–H and O–H groups in total. The second-order valence-corrected chi connectivity index (χ2v) is 3.67. The van der Waals surface area contributed by atoms with Crippen LogP contribution in [0.2, 0.25) is 0 Å². The lowest BCUT2D eigenvalue weighted by Crippen LogP contribution is -2.31. The summed E-state index contributed by atoms with van der Waals surface area (Å²) in [5.41, 5.74) is 1.15. The molecular formula is C13H13NO3. The van der Waals surface area contributed by atoms with Gasteiger partial charge in [-0.25, -0.2) is 0 Å². The van der Waals surface area contributed by atoms with E-state index in [-0.39, 0.29) is 12.5 Å². The maximum absolute atomic E-state index is 11.6. The highest BCUT2D eigenvalue weighted by atomic mass is 16.4. The van der Waals surface area contributed by atoms with Crippen molar-refractivity contribution in [1.29, 1.82) is 0 Å². The van der Waals surface area contributed by atoms with E-state index >= 15 is 0 Å². The third-order valence-electron chi connectivity index (χ3n) is 2.30. The Morgan fingerprint density at radius 3 is 2.47 bits per heavy atom. The minimum absolute atomic E-state index is 0.102. The van der Waals surface area contributed by atoms with E-state index in [0.29, 0.717) is 11.1 Å². The van der Waals surface area contributed by atoms with Gasteiger partial charge in [0.05, 0.1) is 5.92 Å². The van der Waals surface area contributed by atoms with E-state index in [4.69, 9.17) is 11.5 Å². The summed E-state index contributed by atoms with van der Waals surface area (Å²) in [6, 6.07) is 6.54. The normalized spacial score (nSPS) is 11.3. The Hall–Kier alpha value is -2.28. The van der Waals surface area contributed by atoms with Crippen LogP contribution in [0.3, 0.4) is 0 Å². The van der Waals surface area contributed by atoms with Crippen LogP contribution >= 0.6 is 0 Å². The topological polar surface area (TPSA) is 66.4 Å². The smallest absolute Gasteiger partial charge is 0.308 e. The molecule has 1 atom stereocenters. The average molecular weight is 231 g/mol. The van der Waals surface area contributed by atoms with E-state index in [9.17, 15) is 9.59 Å². The zero-order chi connectivity index (χ0) is 12.8. The van der Waals surface area contributed by atoms with E-state index in [0.717, 1.165) is 0 Å². The van der Waals surface area contributed by atoms with Crippen LogP contribution in [0.15, 0.2) is 24.3 Å². The zero-order valence-electron chi connectivity index (χ0n) is 9.43. The molecule has 0 aliphatic rings. The van der Waals surface area contributed by atoms with Crippen LogP contribution in [0.4, 0.5) is 0 Å². The Labute approximate surface area is 99.7 Å². The number of hydrogen-bond donors (Lipinski definition) is 2. The van der Waals surface area contributed by atoms with Crippen molar-refractivity contribution in [2.24, 2.45) is 5.92 Å². The van der Waals surface area contributed by atoms with Gasteiger partial charge in [0.15, 0.2) is 0 Å². The first kappa shape index (κ1) is 12.8. The number of amides is 1. The van der Waals surface area contributed by atoms with Gasteiger partial charge in [-0.05, 0) is 24.3 Å². The van der Waals surface area contributed by atoms with Gasteiger partial charge in [0.2, 0.25) is 0 Å². The lowest BCUT2D eigenvalue weighted by molar-refractivity contribution is -0.140. The number of carboxylic acids is 1. The molecular weight excluding hydrogens is 218 g/mol. The van der Waals surface area contributed by atoms with Crippen molar-refractivity contribution in [1.82, 2.24) is 5.32 Å². The number of carbonyl (C=O) groups excluding carboxylic acids is 1. The van der Waals surface area contributed by atoms with Gasteiger partial charge in [0, 0.05) is 17.7 Å². The van der Waals surface area contributed by atoms with Gasteiger partial charge in [0.25, 0.3) is 5.91 Å². The number of aliphatic carboxylic acids is 1. The molecule has 17 heavy (non-hydrogen) atoms. The van der Waals surface area contributed by atoms with E-state index in [1.807, 2.05) is 0 Å². The third-order valence-corrected chi connectivity index (χ3v) is 2.30.